The van der Waals surface area contributed by atoms with Crippen molar-refractivity contribution in [3.63, 3.8) is 0 Å². The maximum absolute atomic E-state index is 12.1. The third kappa shape index (κ3) is 4.08. The van der Waals surface area contributed by atoms with Crippen LogP contribution in [0.4, 0.5) is 10.5 Å². The molecule has 2 saturated carbocycles. The quantitative estimate of drug-likeness (QED) is 0.871. The highest BCUT2D eigenvalue weighted by Crippen LogP contribution is 2.47. The monoisotopic (exact) mass is 329 g/mol. The third-order valence-electron chi connectivity index (χ3n) is 5.55. The Labute approximate surface area is 143 Å². The van der Waals surface area contributed by atoms with Gasteiger partial charge < -0.3 is 15.5 Å². The molecule has 5 heteroatoms. The smallest absolute Gasteiger partial charge is 0.319 e. The number of nitrogens with zero attached hydrogens (tertiary/aromatic N) is 1. The molecular weight excluding hydrogens is 302 g/mol. The lowest BCUT2D eigenvalue weighted by Crippen LogP contribution is -2.34. The van der Waals surface area contributed by atoms with Gasteiger partial charge >= 0.3 is 6.03 Å². The third-order valence-corrected chi connectivity index (χ3v) is 5.55. The van der Waals surface area contributed by atoms with Crippen molar-refractivity contribution < 1.29 is 9.59 Å². The number of benzene rings is 1. The second-order valence-corrected chi connectivity index (χ2v) is 7.35. The summed E-state index contributed by atoms with van der Waals surface area (Å²) in [6.07, 6.45) is 5.36. The first kappa shape index (κ1) is 16.8. The molecule has 0 aromatic heterocycles. The van der Waals surface area contributed by atoms with Gasteiger partial charge in [-0.3, -0.25) is 4.79 Å². The van der Waals surface area contributed by atoms with Gasteiger partial charge in [0.05, 0.1) is 0 Å². The molecule has 5 nitrogen and oxygen atoms in total. The van der Waals surface area contributed by atoms with Crippen molar-refractivity contribution in [1.82, 2.24) is 10.2 Å². The van der Waals surface area contributed by atoms with Crippen molar-refractivity contribution in [3.8, 4) is 0 Å². The second-order valence-electron chi connectivity index (χ2n) is 7.35. The maximum Gasteiger partial charge on any atom is 0.319 e. The van der Waals surface area contributed by atoms with E-state index in [0.717, 1.165) is 29.6 Å². The average Bonchev–Trinajstić information content (AvgIpc) is 3.16. The van der Waals surface area contributed by atoms with E-state index in [1.165, 1.54) is 25.7 Å². The number of urea groups is 1. The van der Waals surface area contributed by atoms with Gasteiger partial charge in [0.2, 0.25) is 5.91 Å². The summed E-state index contributed by atoms with van der Waals surface area (Å²) < 4.78 is 0. The van der Waals surface area contributed by atoms with Crippen LogP contribution >= 0.6 is 0 Å². The standard InChI is InChI=1S/C19H27N3O2/c1-13(23)22(2)12-15-4-3-5-18(10-15)21-19(24)20-11-17-9-14-6-7-16(17)8-14/h3-5,10,14,16-17H,6-9,11-12H2,1-2H3,(H2,20,21,24)/t14-,16-,17+/m0/s1. The summed E-state index contributed by atoms with van der Waals surface area (Å²) in [5.41, 5.74) is 1.76. The highest BCUT2D eigenvalue weighted by molar-refractivity contribution is 5.89. The molecule has 2 bridgehead atoms. The number of nitrogens with one attached hydrogen (secondary N) is 2. The van der Waals surface area contributed by atoms with Crippen molar-refractivity contribution in [2.24, 2.45) is 17.8 Å². The van der Waals surface area contributed by atoms with E-state index in [2.05, 4.69) is 10.6 Å². The fourth-order valence-electron chi connectivity index (χ4n) is 4.16. The van der Waals surface area contributed by atoms with Crippen LogP contribution in [-0.2, 0) is 11.3 Å². The molecule has 24 heavy (non-hydrogen) atoms. The number of carbonyl (C=O) groups excluding carboxylic acids is 2. The van der Waals surface area contributed by atoms with Crippen LogP contribution < -0.4 is 10.6 Å². The molecule has 130 valence electrons. The van der Waals surface area contributed by atoms with Gasteiger partial charge in [0.25, 0.3) is 0 Å². The number of fused-ring (bicyclic) bond motifs is 2. The summed E-state index contributed by atoms with van der Waals surface area (Å²) >= 11 is 0. The van der Waals surface area contributed by atoms with Crippen LogP contribution in [0.5, 0.6) is 0 Å². The summed E-state index contributed by atoms with van der Waals surface area (Å²) in [6, 6.07) is 7.49. The fourth-order valence-corrected chi connectivity index (χ4v) is 4.16. The topological polar surface area (TPSA) is 61.4 Å². The van der Waals surface area contributed by atoms with E-state index in [4.69, 9.17) is 0 Å². The van der Waals surface area contributed by atoms with Crippen LogP contribution in [0.2, 0.25) is 0 Å². The number of rotatable bonds is 5. The Kier molecular flexibility index (Phi) is 5.07. The molecule has 2 aliphatic carbocycles. The van der Waals surface area contributed by atoms with Crippen molar-refractivity contribution in [1.29, 1.82) is 0 Å². The molecule has 2 fully saturated rings. The van der Waals surface area contributed by atoms with E-state index in [1.54, 1.807) is 18.9 Å². The molecule has 3 atom stereocenters. The van der Waals surface area contributed by atoms with Crippen molar-refractivity contribution >= 4 is 17.6 Å². The van der Waals surface area contributed by atoms with E-state index in [1.807, 2.05) is 24.3 Å². The minimum Gasteiger partial charge on any atom is -0.342 e. The van der Waals surface area contributed by atoms with Crippen LogP contribution in [0.1, 0.15) is 38.2 Å². The van der Waals surface area contributed by atoms with Gasteiger partial charge in [-0.15, -0.1) is 0 Å². The minimum absolute atomic E-state index is 0.0250. The molecule has 1 aromatic carbocycles. The summed E-state index contributed by atoms with van der Waals surface area (Å²) in [6.45, 7) is 2.86. The first-order valence-electron chi connectivity index (χ1n) is 8.86. The van der Waals surface area contributed by atoms with Crippen LogP contribution in [0.25, 0.3) is 0 Å². The molecule has 3 rings (SSSR count). The molecule has 0 spiro atoms. The number of carbonyl (C=O) groups is 2. The Hall–Kier alpha value is -2.04. The number of amides is 3. The van der Waals surface area contributed by atoms with Gasteiger partial charge in [-0.05, 0) is 54.7 Å². The zero-order valence-corrected chi connectivity index (χ0v) is 14.5. The predicted molar refractivity (Wildman–Crippen MR) is 94.5 cm³/mol. The Balaban J connectivity index is 1.48. The van der Waals surface area contributed by atoms with Gasteiger partial charge in [0.1, 0.15) is 0 Å². The lowest BCUT2D eigenvalue weighted by molar-refractivity contribution is -0.128. The average molecular weight is 329 g/mol. The molecule has 3 amide bonds. The minimum atomic E-state index is -0.144. The Morgan fingerprint density at radius 1 is 1.25 bits per heavy atom. The predicted octanol–water partition coefficient (Wildman–Crippen LogP) is 3.22. The van der Waals surface area contributed by atoms with Crippen LogP contribution in [0.15, 0.2) is 24.3 Å². The molecule has 0 aliphatic heterocycles. The van der Waals surface area contributed by atoms with Crippen LogP contribution in [-0.4, -0.2) is 30.4 Å². The van der Waals surface area contributed by atoms with Crippen molar-refractivity contribution in [3.05, 3.63) is 29.8 Å². The number of anilines is 1. The molecule has 0 saturated heterocycles. The lowest BCUT2D eigenvalue weighted by Gasteiger charge is -2.22. The molecule has 1 aromatic rings. The summed E-state index contributed by atoms with van der Waals surface area (Å²) in [5, 5.41) is 5.92. The zero-order chi connectivity index (χ0) is 17.1. The molecule has 0 unspecified atom stereocenters. The fraction of sp³-hybridized carbons (Fsp3) is 0.579. The Morgan fingerprint density at radius 2 is 2.08 bits per heavy atom. The molecule has 0 heterocycles. The molecular formula is C19H27N3O2. The van der Waals surface area contributed by atoms with Crippen LogP contribution in [0.3, 0.4) is 0 Å². The Bertz CT molecular complexity index is 616. The zero-order valence-electron chi connectivity index (χ0n) is 14.5. The summed E-state index contributed by atoms with van der Waals surface area (Å²) in [4.78, 5) is 25.1. The maximum atomic E-state index is 12.1. The first-order chi connectivity index (χ1) is 11.5. The highest BCUT2D eigenvalue weighted by atomic mass is 16.2. The van der Waals surface area contributed by atoms with E-state index in [9.17, 15) is 9.59 Å². The van der Waals surface area contributed by atoms with Gasteiger partial charge in [-0.25, -0.2) is 4.79 Å². The molecule has 2 aliphatic rings. The molecule has 0 radical (unpaired) electrons. The van der Waals surface area contributed by atoms with Gasteiger partial charge in [-0.2, -0.15) is 0 Å². The van der Waals surface area contributed by atoms with Gasteiger partial charge in [-0.1, -0.05) is 18.6 Å². The van der Waals surface area contributed by atoms with Gasteiger partial charge in [0.15, 0.2) is 0 Å². The second kappa shape index (κ2) is 7.24. The molecule has 2 N–H and O–H groups in total. The normalized spacial score (nSPS) is 24.7. The Morgan fingerprint density at radius 3 is 2.75 bits per heavy atom. The SMILES string of the molecule is CC(=O)N(C)Cc1cccc(NC(=O)NC[C@H]2C[C@H]3CC[C@H]2C3)c1. The highest BCUT2D eigenvalue weighted by Gasteiger charge is 2.39. The van der Waals surface area contributed by atoms with Gasteiger partial charge in [0, 0.05) is 32.7 Å². The van der Waals surface area contributed by atoms with E-state index in [0.29, 0.717) is 12.5 Å². The lowest BCUT2D eigenvalue weighted by atomic mass is 9.89. The first-order valence-corrected chi connectivity index (χ1v) is 8.86. The summed E-state index contributed by atoms with van der Waals surface area (Å²) in [5.74, 6) is 2.41. The van der Waals surface area contributed by atoms with E-state index in [-0.39, 0.29) is 11.9 Å². The largest absolute Gasteiger partial charge is 0.342 e. The summed E-state index contributed by atoms with van der Waals surface area (Å²) in [7, 11) is 1.77. The van der Waals surface area contributed by atoms with E-state index >= 15 is 0 Å². The van der Waals surface area contributed by atoms with Crippen LogP contribution in [0, 0.1) is 17.8 Å². The van der Waals surface area contributed by atoms with Crippen molar-refractivity contribution in [2.45, 2.75) is 39.2 Å². The van der Waals surface area contributed by atoms with E-state index < -0.39 is 0 Å². The number of hydrogen-bond donors (Lipinski definition) is 2. The van der Waals surface area contributed by atoms with Crippen molar-refractivity contribution in [2.75, 3.05) is 18.9 Å². The number of hydrogen-bond acceptors (Lipinski definition) is 2.